The molecule has 2 atom stereocenters. The van der Waals surface area contributed by atoms with Crippen molar-refractivity contribution in [1.29, 1.82) is 0 Å². The van der Waals surface area contributed by atoms with Gasteiger partial charge in [-0.2, -0.15) is 8.73 Å². The van der Waals surface area contributed by atoms with Crippen molar-refractivity contribution in [3.8, 4) is 0 Å². The van der Waals surface area contributed by atoms with Crippen molar-refractivity contribution < 1.29 is 14.7 Å². The number of carbonyl (C=O) groups is 2. The number of carbonyl (C=O) groups excluding carboxylic acids is 1. The molecule has 1 aromatic carbocycles. The number of aliphatic carboxylic acids is 1. The highest BCUT2D eigenvalue weighted by molar-refractivity contribution is 7.58. The van der Waals surface area contributed by atoms with Gasteiger partial charge < -0.3 is 10.4 Å². The van der Waals surface area contributed by atoms with Gasteiger partial charge in [-0.15, -0.1) is 0 Å². The van der Waals surface area contributed by atoms with Crippen molar-refractivity contribution in [2.75, 3.05) is 0 Å². The van der Waals surface area contributed by atoms with Crippen molar-refractivity contribution in [2.45, 2.75) is 38.1 Å². The number of carboxylic acids is 1. The smallest absolute Gasteiger partial charge is 0.308 e. The fourth-order valence-corrected chi connectivity index (χ4v) is 3.47. The molecule has 6 nitrogen and oxygen atoms in total. The molecule has 116 valence electrons. The predicted molar refractivity (Wildman–Crippen MR) is 83.4 cm³/mol. The highest BCUT2D eigenvalue weighted by Gasteiger charge is 2.30. The molecule has 0 saturated heterocycles. The van der Waals surface area contributed by atoms with Gasteiger partial charge in [-0.25, -0.2) is 0 Å². The molecule has 1 heterocycles. The second kappa shape index (κ2) is 6.39. The maximum Gasteiger partial charge on any atom is 0.308 e. The number of rotatable bonds is 3. The predicted octanol–water partition coefficient (Wildman–Crippen LogP) is 3.18. The van der Waals surface area contributed by atoms with Crippen molar-refractivity contribution in [2.24, 2.45) is 14.6 Å². The van der Waals surface area contributed by atoms with E-state index in [2.05, 4.69) is 14.0 Å². The summed E-state index contributed by atoms with van der Waals surface area (Å²) in [5, 5.41) is 12.3. The summed E-state index contributed by atoms with van der Waals surface area (Å²) >= 11 is 1.11. The molecule has 7 heteroatoms. The lowest BCUT2D eigenvalue weighted by molar-refractivity contribution is -0.142. The Bertz CT molecular complexity index is 683. The Morgan fingerprint density at radius 1 is 1.14 bits per heavy atom. The van der Waals surface area contributed by atoms with E-state index in [0.29, 0.717) is 24.1 Å². The Morgan fingerprint density at radius 3 is 2.73 bits per heavy atom. The minimum Gasteiger partial charge on any atom is -0.481 e. The summed E-state index contributed by atoms with van der Waals surface area (Å²) in [6.45, 7) is 0. The van der Waals surface area contributed by atoms with E-state index in [-0.39, 0.29) is 11.9 Å². The maximum absolute atomic E-state index is 12.4. The monoisotopic (exact) mass is 319 g/mol. The average Bonchev–Trinajstić information content (AvgIpc) is 2.84. The lowest BCUT2D eigenvalue weighted by Gasteiger charge is -2.23. The molecule has 2 aliphatic rings. The van der Waals surface area contributed by atoms with Crippen LogP contribution in [0.5, 0.6) is 0 Å². The van der Waals surface area contributed by atoms with Crippen LogP contribution in [0.2, 0.25) is 0 Å². The standard InChI is InChI=1S/C15H17N3O3S/c19-14(9-6-7-12-13(8-9)18-22-17-12)16-11-5-3-1-2-4-10(11)15(20)21/h6-8,10-11H,1-5H2,(H,16,19)(H,20,21)/t10-,11+/m1/s1. The molecule has 1 aliphatic heterocycles. The van der Waals surface area contributed by atoms with Crippen molar-refractivity contribution in [3.05, 3.63) is 23.8 Å². The molecule has 0 spiro atoms. The van der Waals surface area contributed by atoms with Gasteiger partial charge in [0, 0.05) is 11.6 Å². The summed E-state index contributed by atoms with van der Waals surface area (Å²) in [4.78, 5) is 23.8. The summed E-state index contributed by atoms with van der Waals surface area (Å²) in [6, 6.07) is 4.85. The topological polar surface area (TPSA) is 91.1 Å². The molecule has 3 rings (SSSR count). The van der Waals surface area contributed by atoms with Crippen LogP contribution < -0.4 is 5.32 Å². The fourth-order valence-electron chi connectivity index (χ4n) is 2.95. The number of fused-ring (bicyclic) bond motifs is 1. The van der Waals surface area contributed by atoms with Crippen LogP contribution in [0.25, 0.3) is 0 Å². The number of hydrogen-bond donors (Lipinski definition) is 2. The zero-order valence-electron chi connectivity index (χ0n) is 12.0. The Morgan fingerprint density at radius 2 is 1.91 bits per heavy atom. The lowest BCUT2D eigenvalue weighted by atomic mass is 9.94. The van der Waals surface area contributed by atoms with E-state index >= 15 is 0 Å². The van der Waals surface area contributed by atoms with Gasteiger partial charge in [-0.05, 0) is 31.0 Å². The van der Waals surface area contributed by atoms with E-state index in [1.807, 2.05) is 0 Å². The average molecular weight is 319 g/mol. The first kappa shape index (κ1) is 14.9. The summed E-state index contributed by atoms with van der Waals surface area (Å²) in [5.41, 5.74) is 1.95. The second-order valence-electron chi connectivity index (χ2n) is 5.63. The summed E-state index contributed by atoms with van der Waals surface area (Å²) < 4.78 is 8.23. The van der Waals surface area contributed by atoms with Gasteiger partial charge in [0.2, 0.25) is 0 Å². The second-order valence-corrected chi connectivity index (χ2v) is 6.16. The van der Waals surface area contributed by atoms with Gasteiger partial charge >= 0.3 is 5.97 Å². The van der Waals surface area contributed by atoms with Crippen LogP contribution in [-0.2, 0) is 16.1 Å². The highest BCUT2D eigenvalue weighted by Crippen LogP contribution is 2.32. The van der Waals surface area contributed by atoms with E-state index in [4.69, 9.17) is 0 Å². The quantitative estimate of drug-likeness (QED) is 0.851. The van der Waals surface area contributed by atoms with E-state index < -0.39 is 11.9 Å². The molecule has 1 aromatic rings. The third-order valence-corrected chi connectivity index (χ3v) is 4.72. The number of amides is 1. The molecule has 1 fully saturated rings. The van der Waals surface area contributed by atoms with Crippen molar-refractivity contribution in [3.63, 3.8) is 0 Å². The first-order chi connectivity index (χ1) is 10.6. The van der Waals surface area contributed by atoms with E-state index in [9.17, 15) is 14.7 Å². The van der Waals surface area contributed by atoms with Crippen molar-refractivity contribution in [1.82, 2.24) is 5.32 Å². The lowest BCUT2D eigenvalue weighted by Crippen LogP contribution is -2.42. The molecule has 0 radical (unpaired) electrons. The zero-order chi connectivity index (χ0) is 15.5. The Labute approximate surface area is 131 Å². The Hall–Kier alpha value is -2.02. The molecule has 22 heavy (non-hydrogen) atoms. The molecule has 0 bridgehead atoms. The van der Waals surface area contributed by atoms with Crippen LogP contribution in [0.1, 0.15) is 42.5 Å². The molecule has 2 N–H and O–H groups in total. The zero-order valence-corrected chi connectivity index (χ0v) is 12.8. The molecule has 0 unspecified atom stereocenters. The first-order valence-corrected chi connectivity index (χ1v) is 8.14. The van der Waals surface area contributed by atoms with E-state index in [1.54, 1.807) is 18.2 Å². The van der Waals surface area contributed by atoms with E-state index in [1.165, 1.54) is 0 Å². The van der Waals surface area contributed by atoms with Gasteiger partial charge in [-0.1, -0.05) is 19.3 Å². The van der Waals surface area contributed by atoms with Crippen LogP contribution in [0.15, 0.2) is 26.9 Å². The molecule has 1 aliphatic carbocycles. The molecular weight excluding hydrogens is 302 g/mol. The van der Waals surface area contributed by atoms with Crippen LogP contribution in [0, 0.1) is 5.92 Å². The van der Waals surface area contributed by atoms with Crippen molar-refractivity contribution >= 4 is 34.6 Å². The Balaban J connectivity index is 1.74. The first-order valence-electron chi connectivity index (χ1n) is 7.41. The molecule has 1 amide bonds. The van der Waals surface area contributed by atoms with Gasteiger partial charge in [0.25, 0.3) is 5.91 Å². The van der Waals surface area contributed by atoms with Gasteiger partial charge in [-0.3, -0.25) is 9.59 Å². The fraction of sp³-hybridized carbons (Fsp3) is 0.467. The SMILES string of the molecule is O=C(N[C@H]1CCCCC[C@H]1C(=O)O)c1ccc2c(c1)N=S=N2. The van der Waals surface area contributed by atoms with Crippen LogP contribution in [0.3, 0.4) is 0 Å². The van der Waals surface area contributed by atoms with Crippen LogP contribution >= 0.6 is 0 Å². The minimum atomic E-state index is -0.827. The normalized spacial score (nSPS) is 23.3. The summed E-state index contributed by atoms with van der Waals surface area (Å²) in [7, 11) is 0. The van der Waals surface area contributed by atoms with E-state index in [0.717, 1.165) is 36.3 Å². The number of carboxylic acid groups (broad SMARTS) is 1. The number of hydrogen-bond acceptors (Lipinski definition) is 4. The third-order valence-electron chi connectivity index (χ3n) is 4.17. The summed E-state index contributed by atoms with van der Waals surface area (Å²) in [5.74, 6) is -1.57. The minimum absolute atomic E-state index is 0.243. The molecular formula is C15H17N3O3S. The largest absolute Gasteiger partial charge is 0.481 e. The highest BCUT2D eigenvalue weighted by atomic mass is 32.1. The van der Waals surface area contributed by atoms with Gasteiger partial charge in [0.05, 0.1) is 17.3 Å². The number of nitrogens with one attached hydrogen (secondary N) is 1. The maximum atomic E-state index is 12.4. The van der Waals surface area contributed by atoms with Crippen LogP contribution in [-0.4, -0.2) is 23.0 Å². The van der Waals surface area contributed by atoms with Gasteiger partial charge in [0.1, 0.15) is 11.4 Å². The van der Waals surface area contributed by atoms with Gasteiger partial charge in [0.15, 0.2) is 0 Å². The summed E-state index contributed by atoms with van der Waals surface area (Å²) in [6.07, 6.45) is 4.20. The molecule has 1 saturated carbocycles. The Kier molecular flexibility index (Phi) is 4.33. The molecule has 0 aromatic heterocycles. The third kappa shape index (κ3) is 3.09. The number of benzene rings is 1. The van der Waals surface area contributed by atoms with Crippen LogP contribution in [0.4, 0.5) is 11.4 Å². The number of nitrogens with zero attached hydrogens (tertiary/aromatic N) is 2.